The van der Waals surface area contributed by atoms with Gasteiger partial charge in [-0.05, 0) is 66.7 Å². The Bertz CT molecular complexity index is 2150. The smallest absolute Gasteiger partial charge is 0.416 e. The molecule has 52 heavy (non-hydrogen) atoms. The van der Waals surface area contributed by atoms with Crippen LogP contribution >= 0.6 is 11.6 Å². The highest BCUT2D eigenvalue weighted by molar-refractivity contribution is 6.32. The zero-order valence-electron chi connectivity index (χ0n) is 25.4. The number of carbonyl (C=O) groups excluding carboxylic acids is 1. The number of nitro benzene ring substituents is 1. The molecule has 0 saturated heterocycles. The summed E-state index contributed by atoms with van der Waals surface area (Å²) in [4.78, 5) is 37.2. The second-order valence-electron chi connectivity index (χ2n) is 10.0. The van der Waals surface area contributed by atoms with E-state index in [1.165, 1.54) is 24.4 Å². The molecule has 0 radical (unpaired) electrons. The summed E-state index contributed by atoms with van der Waals surface area (Å²) < 4.78 is 113. The van der Waals surface area contributed by atoms with Gasteiger partial charge in [-0.2, -0.15) is 26.3 Å². The van der Waals surface area contributed by atoms with Crippen molar-refractivity contribution in [3.8, 4) is 23.1 Å². The Kier molecular flexibility index (Phi) is 11.6. The van der Waals surface area contributed by atoms with Gasteiger partial charge in [-0.3, -0.25) is 14.9 Å². The van der Waals surface area contributed by atoms with Gasteiger partial charge in [-0.15, -0.1) is 0 Å². The third kappa shape index (κ3) is 9.90. The van der Waals surface area contributed by atoms with Crippen LogP contribution in [0, 0.1) is 21.7 Å². The highest BCUT2D eigenvalue weighted by atomic mass is 35.5. The number of carbonyl (C=O) groups is 2. The SMILES string of the molecule is O=C(Nc1ccc(F)cc1F)c1cccnc1Oc1cccc(C(F)(F)F)c1.O=C(O)c1cc(Oc2ccc(C(F)(F)F)cc2Cl)ccc1[N+](=O)[O-]. The van der Waals surface area contributed by atoms with E-state index in [4.69, 9.17) is 26.2 Å². The third-order valence-electron chi connectivity index (χ3n) is 6.45. The van der Waals surface area contributed by atoms with Crippen LogP contribution < -0.4 is 14.8 Å². The van der Waals surface area contributed by atoms with Crippen LogP contribution in [0.3, 0.4) is 0 Å². The number of nitrogens with one attached hydrogen (secondary N) is 1. The lowest BCUT2D eigenvalue weighted by molar-refractivity contribution is -0.385. The molecule has 2 N–H and O–H groups in total. The minimum absolute atomic E-state index is 0.125. The molecule has 0 spiro atoms. The number of halogens is 9. The lowest BCUT2D eigenvalue weighted by Gasteiger charge is -2.12. The summed E-state index contributed by atoms with van der Waals surface area (Å²) >= 11 is 5.72. The van der Waals surface area contributed by atoms with Crippen molar-refractivity contribution in [2.45, 2.75) is 12.4 Å². The average molecular weight is 756 g/mol. The Hall–Kier alpha value is -6.30. The van der Waals surface area contributed by atoms with E-state index < -0.39 is 63.2 Å². The molecule has 5 aromatic rings. The first-order valence-corrected chi connectivity index (χ1v) is 14.3. The first-order chi connectivity index (χ1) is 24.3. The Morgan fingerprint density at radius 1 is 0.788 bits per heavy atom. The molecule has 1 aromatic heterocycles. The number of carboxylic acid groups (broad SMARTS) is 1. The van der Waals surface area contributed by atoms with E-state index in [2.05, 4.69) is 10.3 Å². The summed E-state index contributed by atoms with van der Waals surface area (Å²) in [7, 11) is 0. The van der Waals surface area contributed by atoms with Crippen LogP contribution in [0.15, 0.2) is 97.2 Å². The van der Waals surface area contributed by atoms with E-state index in [0.717, 1.165) is 60.7 Å². The van der Waals surface area contributed by atoms with Gasteiger partial charge < -0.3 is 19.9 Å². The number of nitrogens with zero attached hydrogens (tertiary/aromatic N) is 2. The van der Waals surface area contributed by atoms with Crippen molar-refractivity contribution in [3.63, 3.8) is 0 Å². The first-order valence-electron chi connectivity index (χ1n) is 14.0. The number of carboxylic acids is 1. The minimum atomic E-state index is -4.58. The van der Waals surface area contributed by atoms with Gasteiger partial charge in [-0.25, -0.2) is 18.6 Å². The molecule has 0 bridgehead atoms. The van der Waals surface area contributed by atoms with E-state index in [9.17, 15) is 54.8 Å². The van der Waals surface area contributed by atoms with Gasteiger partial charge in [0.25, 0.3) is 11.6 Å². The van der Waals surface area contributed by atoms with Crippen molar-refractivity contribution in [1.29, 1.82) is 0 Å². The van der Waals surface area contributed by atoms with Crippen LogP contribution in [-0.4, -0.2) is 26.9 Å². The van der Waals surface area contributed by atoms with Crippen molar-refractivity contribution >= 4 is 34.9 Å². The number of hydrogen-bond acceptors (Lipinski definition) is 7. The summed E-state index contributed by atoms with van der Waals surface area (Å²) in [6.07, 6.45) is -7.87. The maximum Gasteiger partial charge on any atom is 0.416 e. The van der Waals surface area contributed by atoms with Crippen LogP contribution in [0.4, 0.5) is 46.5 Å². The highest BCUT2D eigenvalue weighted by Gasteiger charge is 2.32. The quantitative estimate of drug-likeness (QED) is 0.0906. The lowest BCUT2D eigenvalue weighted by Crippen LogP contribution is -2.14. The van der Waals surface area contributed by atoms with Gasteiger partial charge in [0.05, 0.1) is 26.8 Å². The van der Waals surface area contributed by atoms with Crippen molar-refractivity contribution in [3.05, 3.63) is 146 Å². The number of alkyl halides is 6. The maximum atomic E-state index is 13.7. The molecular formula is C33H18ClF8N3O7. The molecule has 270 valence electrons. The Morgan fingerprint density at radius 2 is 1.46 bits per heavy atom. The second kappa shape index (κ2) is 15.7. The molecule has 0 unspecified atom stereocenters. The molecule has 5 rings (SSSR count). The molecule has 19 heteroatoms. The summed E-state index contributed by atoms with van der Waals surface area (Å²) in [6.45, 7) is 0. The zero-order valence-corrected chi connectivity index (χ0v) is 26.2. The number of pyridine rings is 1. The standard InChI is InChI=1S/C19H11F5N2O2.C14H7ClF3NO5/c20-12-6-7-16(15(21)10-12)26-17(27)14-5-2-8-25-18(14)28-13-4-1-3-11(9-13)19(22,23)24;15-10-5-7(14(16,17)18)1-4-12(10)24-8-2-3-11(19(22)23)9(6-8)13(20)21/h1-10H,(H,26,27);1-6H,(H,20,21). The Balaban J connectivity index is 0.000000236. The maximum absolute atomic E-state index is 13.7. The summed E-state index contributed by atoms with van der Waals surface area (Å²) in [5.74, 6) is -4.93. The molecule has 0 atom stereocenters. The fourth-order valence-corrected chi connectivity index (χ4v) is 4.29. The fourth-order valence-electron chi connectivity index (χ4n) is 4.07. The number of hydrogen-bond donors (Lipinski definition) is 2. The lowest BCUT2D eigenvalue weighted by atomic mass is 10.1. The molecule has 10 nitrogen and oxygen atoms in total. The van der Waals surface area contributed by atoms with Crippen LogP contribution in [-0.2, 0) is 12.4 Å². The van der Waals surface area contributed by atoms with E-state index in [1.54, 1.807) is 0 Å². The van der Waals surface area contributed by atoms with Gasteiger partial charge in [0.1, 0.15) is 40.0 Å². The monoisotopic (exact) mass is 755 g/mol. The number of aromatic carboxylic acids is 1. The van der Waals surface area contributed by atoms with Crippen LogP contribution in [0.25, 0.3) is 0 Å². The number of nitro groups is 1. The molecular weight excluding hydrogens is 738 g/mol. The summed E-state index contributed by atoms with van der Waals surface area (Å²) in [5.41, 5.74) is -3.60. The summed E-state index contributed by atoms with van der Waals surface area (Å²) in [6, 6.07) is 14.6. The van der Waals surface area contributed by atoms with E-state index >= 15 is 0 Å². The molecule has 0 aliphatic carbocycles. The van der Waals surface area contributed by atoms with Crippen LogP contribution in [0.1, 0.15) is 31.8 Å². The number of aromatic nitrogens is 1. The number of benzene rings is 4. The molecule has 0 saturated carbocycles. The van der Waals surface area contributed by atoms with Crippen molar-refractivity contribution in [2.24, 2.45) is 0 Å². The number of anilines is 1. The van der Waals surface area contributed by atoms with Gasteiger partial charge >= 0.3 is 18.3 Å². The molecule has 0 aliphatic rings. The van der Waals surface area contributed by atoms with Gasteiger partial charge in [0.15, 0.2) is 0 Å². The Morgan fingerprint density at radius 3 is 2.08 bits per heavy atom. The van der Waals surface area contributed by atoms with Gasteiger partial charge in [0, 0.05) is 24.4 Å². The predicted molar refractivity (Wildman–Crippen MR) is 167 cm³/mol. The van der Waals surface area contributed by atoms with Crippen LogP contribution in [0.5, 0.6) is 23.1 Å². The minimum Gasteiger partial charge on any atom is -0.477 e. The number of rotatable bonds is 8. The van der Waals surface area contributed by atoms with E-state index in [1.807, 2.05) is 0 Å². The fraction of sp³-hybridized carbons (Fsp3) is 0.0606. The van der Waals surface area contributed by atoms with E-state index in [0.29, 0.717) is 12.1 Å². The van der Waals surface area contributed by atoms with Gasteiger partial charge in [0.2, 0.25) is 5.88 Å². The topological polar surface area (TPSA) is 141 Å². The summed E-state index contributed by atoms with van der Waals surface area (Å²) in [5, 5.41) is 21.6. The van der Waals surface area contributed by atoms with Crippen molar-refractivity contribution < 1.29 is 64.2 Å². The molecule has 0 fully saturated rings. The third-order valence-corrected chi connectivity index (χ3v) is 6.75. The number of amides is 1. The largest absolute Gasteiger partial charge is 0.477 e. The van der Waals surface area contributed by atoms with E-state index in [-0.39, 0.29) is 39.4 Å². The van der Waals surface area contributed by atoms with Crippen molar-refractivity contribution in [2.75, 3.05) is 5.32 Å². The second-order valence-corrected chi connectivity index (χ2v) is 10.5. The molecule has 4 aromatic carbocycles. The number of ether oxygens (including phenoxy) is 2. The predicted octanol–water partition coefficient (Wildman–Crippen LogP) is 10.2. The zero-order chi connectivity index (χ0) is 38.4. The van der Waals surface area contributed by atoms with Crippen LogP contribution in [0.2, 0.25) is 5.02 Å². The van der Waals surface area contributed by atoms with Gasteiger partial charge in [-0.1, -0.05) is 17.7 Å². The molecule has 1 amide bonds. The first kappa shape index (κ1) is 38.5. The molecule has 1 heterocycles. The average Bonchev–Trinajstić information content (AvgIpc) is 3.06. The normalized spacial score (nSPS) is 11.2. The molecule has 0 aliphatic heterocycles. The highest BCUT2D eigenvalue weighted by Crippen LogP contribution is 2.37. The Labute approximate surface area is 291 Å². The van der Waals surface area contributed by atoms with Crippen molar-refractivity contribution in [1.82, 2.24) is 4.98 Å².